The lowest BCUT2D eigenvalue weighted by Crippen LogP contribution is -2.51. The van der Waals surface area contributed by atoms with E-state index >= 15 is 0 Å². The quantitative estimate of drug-likeness (QED) is 0.358. The third-order valence-electron chi connectivity index (χ3n) is 4.04. The minimum absolute atomic E-state index is 0.134. The summed E-state index contributed by atoms with van der Waals surface area (Å²) in [6.07, 6.45) is 4.70. The smallest absolute Gasteiger partial charge is 0.220 e. The molecular weight excluding hydrogens is 296 g/mol. The van der Waals surface area contributed by atoms with Gasteiger partial charge in [-0.25, -0.2) is 0 Å². The van der Waals surface area contributed by atoms with E-state index in [9.17, 15) is 4.79 Å². The first-order chi connectivity index (χ1) is 11.3. The fraction of sp³-hybridized carbons (Fsp3) is 0.875. The molecule has 23 heavy (non-hydrogen) atoms. The third kappa shape index (κ3) is 7.18. The predicted octanol–water partition coefficient (Wildman–Crippen LogP) is 0.406. The normalized spacial score (nSPS) is 23.4. The zero-order valence-corrected chi connectivity index (χ0v) is 14.1. The van der Waals surface area contributed by atoms with Gasteiger partial charge in [-0.05, 0) is 32.6 Å². The molecule has 0 bridgehead atoms. The Hall–Kier alpha value is -1.34. The highest BCUT2D eigenvalue weighted by atomic mass is 16.5. The van der Waals surface area contributed by atoms with Crippen molar-refractivity contribution < 1.29 is 14.3 Å². The number of amides is 1. The molecule has 1 atom stereocenters. The Labute approximate surface area is 138 Å². The van der Waals surface area contributed by atoms with E-state index < -0.39 is 0 Å². The van der Waals surface area contributed by atoms with Crippen molar-refractivity contribution in [3.05, 3.63) is 0 Å². The number of nitrogens with zero attached hydrogens (tertiary/aromatic N) is 1. The molecular formula is C16H30N4O3. The zero-order valence-electron chi connectivity index (χ0n) is 14.1. The molecule has 132 valence electrons. The maximum absolute atomic E-state index is 11.2. The Balaban J connectivity index is 1.63. The van der Waals surface area contributed by atoms with Gasteiger partial charge in [-0.1, -0.05) is 0 Å². The predicted molar refractivity (Wildman–Crippen MR) is 89.6 cm³/mol. The van der Waals surface area contributed by atoms with Crippen molar-refractivity contribution in [2.45, 2.75) is 51.2 Å². The lowest BCUT2D eigenvalue weighted by molar-refractivity contribution is -0.122. The highest BCUT2D eigenvalue weighted by Gasteiger charge is 2.18. The van der Waals surface area contributed by atoms with E-state index in [1.807, 2.05) is 6.92 Å². The first-order valence-electron chi connectivity index (χ1n) is 8.79. The van der Waals surface area contributed by atoms with Crippen LogP contribution >= 0.6 is 0 Å². The molecule has 2 aliphatic heterocycles. The fourth-order valence-electron chi connectivity index (χ4n) is 2.72. The van der Waals surface area contributed by atoms with Crippen molar-refractivity contribution in [2.24, 2.45) is 4.99 Å². The second-order valence-corrected chi connectivity index (χ2v) is 5.98. The van der Waals surface area contributed by atoms with Crippen molar-refractivity contribution in [3.8, 4) is 0 Å². The molecule has 0 aromatic rings. The molecule has 3 N–H and O–H groups in total. The van der Waals surface area contributed by atoms with E-state index in [4.69, 9.17) is 9.47 Å². The van der Waals surface area contributed by atoms with Crippen LogP contribution in [0, 0.1) is 0 Å². The average Bonchev–Trinajstić information content (AvgIpc) is 2.57. The van der Waals surface area contributed by atoms with Gasteiger partial charge < -0.3 is 25.4 Å². The standard InChI is InChI=1S/C16H30N4O3/c1-2-17-16(20-13-4-5-15(21)19-12-13)18-8-3-9-23-14-6-10-22-11-7-14/h13-14H,2-12H2,1H3,(H,19,21)(H2,17,18,20). The molecule has 1 unspecified atom stereocenters. The number of ether oxygens (including phenoxy) is 2. The molecule has 0 radical (unpaired) electrons. The van der Waals surface area contributed by atoms with Crippen LogP contribution in [-0.2, 0) is 14.3 Å². The van der Waals surface area contributed by atoms with Crippen molar-refractivity contribution in [1.29, 1.82) is 0 Å². The van der Waals surface area contributed by atoms with Gasteiger partial charge in [0.25, 0.3) is 0 Å². The van der Waals surface area contributed by atoms with Crippen LogP contribution in [0.15, 0.2) is 4.99 Å². The number of hydrogen-bond acceptors (Lipinski definition) is 4. The number of aliphatic imine (C=N–C) groups is 1. The summed E-state index contributed by atoms with van der Waals surface area (Å²) in [5.74, 6) is 0.954. The summed E-state index contributed by atoms with van der Waals surface area (Å²) in [5, 5.41) is 9.51. The number of guanidine groups is 1. The maximum Gasteiger partial charge on any atom is 0.220 e. The summed E-state index contributed by atoms with van der Waals surface area (Å²) in [6.45, 7) is 6.64. The molecule has 7 nitrogen and oxygen atoms in total. The van der Waals surface area contributed by atoms with Crippen molar-refractivity contribution in [2.75, 3.05) is 39.5 Å². The van der Waals surface area contributed by atoms with Crippen molar-refractivity contribution in [1.82, 2.24) is 16.0 Å². The summed E-state index contributed by atoms with van der Waals surface area (Å²) < 4.78 is 11.2. The minimum Gasteiger partial charge on any atom is -0.381 e. The number of carbonyl (C=O) groups is 1. The Kier molecular flexibility index (Phi) is 8.17. The van der Waals surface area contributed by atoms with Crippen LogP contribution in [0.1, 0.15) is 39.0 Å². The van der Waals surface area contributed by atoms with E-state index in [0.717, 1.165) is 64.6 Å². The lowest BCUT2D eigenvalue weighted by Gasteiger charge is -2.25. The molecule has 0 aromatic carbocycles. The third-order valence-corrected chi connectivity index (χ3v) is 4.04. The summed E-state index contributed by atoms with van der Waals surface area (Å²) in [7, 11) is 0. The molecule has 0 spiro atoms. The molecule has 2 rings (SSSR count). The molecule has 0 saturated carbocycles. The Bertz CT molecular complexity index is 374. The van der Waals surface area contributed by atoms with E-state index in [1.165, 1.54) is 0 Å². The summed E-state index contributed by atoms with van der Waals surface area (Å²) >= 11 is 0. The SMILES string of the molecule is CCNC(=NCCCOC1CCOCC1)NC1CCC(=O)NC1. The minimum atomic E-state index is 0.134. The van der Waals surface area contributed by atoms with Crippen molar-refractivity contribution in [3.63, 3.8) is 0 Å². The summed E-state index contributed by atoms with van der Waals surface area (Å²) in [5.41, 5.74) is 0. The molecule has 7 heteroatoms. The number of rotatable bonds is 7. The summed E-state index contributed by atoms with van der Waals surface area (Å²) in [4.78, 5) is 15.8. The molecule has 0 aliphatic carbocycles. The average molecular weight is 326 g/mol. The number of nitrogens with one attached hydrogen (secondary N) is 3. The molecule has 0 aromatic heterocycles. The van der Waals surface area contributed by atoms with E-state index in [1.54, 1.807) is 0 Å². The molecule has 2 saturated heterocycles. The Morgan fingerprint density at radius 2 is 2.22 bits per heavy atom. The van der Waals surface area contributed by atoms with Gasteiger partial charge in [0.1, 0.15) is 0 Å². The monoisotopic (exact) mass is 326 g/mol. The number of hydrogen-bond donors (Lipinski definition) is 3. The van der Waals surface area contributed by atoms with Crippen LogP contribution in [0.3, 0.4) is 0 Å². The van der Waals surface area contributed by atoms with Gasteiger partial charge in [-0.2, -0.15) is 0 Å². The first kappa shape index (κ1) is 18.0. The van der Waals surface area contributed by atoms with Crippen LogP contribution in [0.5, 0.6) is 0 Å². The molecule has 2 fully saturated rings. The van der Waals surface area contributed by atoms with Gasteiger partial charge in [0.15, 0.2) is 5.96 Å². The second kappa shape index (κ2) is 10.4. The van der Waals surface area contributed by atoms with Gasteiger partial charge in [-0.15, -0.1) is 0 Å². The van der Waals surface area contributed by atoms with Crippen LogP contribution in [0.2, 0.25) is 0 Å². The van der Waals surface area contributed by atoms with Crippen LogP contribution < -0.4 is 16.0 Å². The lowest BCUT2D eigenvalue weighted by atomic mass is 10.1. The van der Waals surface area contributed by atoms with Gasteiger partial charge in [0.05, 0.1) is 6.10 Å². The fourth-order valence-corrected chi connectivity index (χ4v) is 2.72. The number of piperidine rings is 1. The topological polar surface area (TPSA) is 84.0 Å². The second-order valence-electron chi connectivity index (χ2n) is 5.98. The maximum atomic E-state index is 11.2. The largest absolute Gasteiger partial charge is 0.381 e. The first-order valence-corrected chi connectivity index (χ1v) is 8.79. The van der Waals surface area contributed by atoms with Gasteiger partial charge in [-0.3, -0.25) is 9.79 Å². The highest BCUT2D eigenvalue weighted by molar-refractivity contribution is 5.81. The van der Waals surface area contributed by atoms with Gasteiger partial charge in [0, 0.05) is 51.9 Å². The molecule has 2 aliphatic rings. The van der Waals surface area contributed by atoms with E-state index in [2.05, 4.69) is 20.9 Å². The van der Waals surface area contributed by atoms with Gasteiger partial charge in [0.2, 0.25) is 5.91 Å². The summed E-state index contributed by atoms with van der Waals surface area (Å²) in [6, 6.07) is 0.254. The van der Waals surface area contributed by atoms with Crippen molar-refractivity contribution >= 4 is 11.9 Å². The molecule has 1 amide bonds. The van der Waals surface area contributed by atoms with E-state index in [-0.39, 0.29) is 11.9 Å². The Morgan fingerprint density at radius 3 is 2.91 bits per heavy atom. The number of carbonyl (C=O) groups excluding carboxylic acids is 1. The van der Waals surface area contributed by atoms with Crippen LogP contribution in [0.25, 0.3) is 0 Å². The van der Waals surface area contributed by atoms with E-state index in [0.29, 0.717) is 19.1 Å². The zero-order chi connectivity index (χ0) is 16.3. The van der Waals surface area contributed by atoms with Crippen LogP contribution in [0.4, 0.5) is 0 Å². The van der Waals surface area contributed by atoms with Gasteiger partial charge >= 0.3 is 0 Å². The molecule has 2 heterocycles. The highest BCUT2D eigenvalue weighted by Crippen LogP contribution is 2.10. The Morgan fingerprint density at radius 1 is 1.39 bits per heavy atom. The van der Waals surface area contributed by atoms with Crippen LogP contribution in [-0.4, -0.2) is 63.5 Å².